The number of hydrogen-bond acceptors (Lipinski definition) is 4. The largest absolute Gasteiger partial charge is 0.393 e. The maximum Gasteiger partial charge on any atom is 0.230 e. The summed E-state index contributed by atoms with van der Waals surface area (Å²) in [6.07, 6.45) is 1.38. The van der Waals surface area contributed by atoms with Crippen LogP contribution in [0.4, 0.5) is 0 Å². The summed E-state index contributed by atoms with van der Waals surface area (Å²) in [5.74, 6) is -0.535. The Morgan fingerprint density at radius 2 is 2.12 bits per heavy atom. The lowest BCUT2D eigenvalue weighted by Crippen LogP contribution is -2.42. The van der Waals surface area contributed by atoms with Crippen LogP contribution in [0.3, 0.4) is 0 Å². The predicted octanol–water partition coefficient (Wildman–Crippen LogP) is 0.466. The second-order valence-electron chi connectivity index (χ2n) is 3.80. The number of thiocarbonyl (C=S) groups is 1. The van der Waals surface area contributed by atoms with Gasteiger partial charge in [0.2, 0.25) is 5.91 Å². The summed E-state index contributed by atoms with van der Waals surface area (Å²) in [4.78, 5) is 12.1. The molecule has 0 aliphatic rings. The molecular formula is C11H22N2O3S. The Balaban J connectivity index is 4.16. The lowest BCUT2D eigenvalue weighted by molar-refractivity contribution is -0.123. The predicted molar refractivity (Wildman–Crippen MR) is 70.9 cm³/mol. The first-order chi connectivity index (χ1) is 8.06. The fourth-order valence-corrected chi connectivity index (χ4v) is 1.65. The summed E-state index contributed by atoms with van der Waals surface area (Å²) >= 11 is 4.88. The van der Waals surface area contributed by atoms with Crippen LogP contribution in [0.25, 0.3) is 0 Å². The van der Waals surface area contributed by atoms with E-state index in [9.17, 15) is 4.79 Å². The molecule has 2 unspecified atom stereocenters. The lowest BCUT2D eigenvalue weighted by atomic mass is 10.0. The second-order valence-corrected chi connectivity index (χ2v) is 4.27. The Morgan fingerprint density at radius 3 is 2.53 bits per heavy atom. The molecule has 0 aromatic carbocycles. The first kappa shape index (κ1) is 16.3. The van der Waals surface area contributed by atoms with E-state index in [-0.39, 0.29) is 17.0 Å². The van der Waals surface area contributed by atoms with Gasteiger partial charge in [-0.25, -0.2) is 0 Å². The van der Waals surface area contributed by atoms with E-state index < -0.39 is 5.92 Å². The monoisotopic (exact) mass is 262 g/mol. The molecule has 0 radical (unpaired) electrons. The topological polar surface area (TPSA) is 73.6 Å². The van der Waals surface area contributed by atoms with E-state index in [1.54, 1.807) is 14.2 Å². The fourth-order valence-electron chi connectivity index (χ4n) is 1.43. The molecule has 5 nitrogen and oxygen atoms in total. The first-order valence-corrected chi connectivity index (χ1v) is 6.06. The van der Waals surface area contributed by atoms with Crippen LogP contribution < -0.4 is 11.1 Å². The molecule has 0 aromatic heterocycles. The van der Waals surface area contributed by atoms with Gasteiger partial charge in [-0.15, -0.1) is 0 Å². The van der Waals surface area contributed by atoms with Crippen molar-refractivity contribution in [2.75, 3.05) is 27.4 Å². The number of methoxy groups -OCH3 is 2. The van der Waals surface area contributed by atoms with Crippen molar-refractivity contribution in [1.29, 1.82) is 0 Å². The van der Waals surface area contributed by atoms with Gasteiger partial charge in [0.1, 0.15) is 0 Å². The van der Waals surface area contributed by atoms with Gasteiger partial charge >= 0.3 is 0 Å². The van der Waals surface area contributed by atoms with Crippen molar-refractivity contribution in [2.24, 2.45) is 11.7 Å². The molecule has 100 valence electrons. The average molecular weight is 262 g/mol. The summed E-state index contributed by atoms with van der Waals surface area (Å²) in [6, 6.07) is 0. The van der Waals surface area contributed by atoms with Crippen LogP contribution in [0.5, 0.6) is 0 Å². The molecule has 0 spiro atoms. The molecule has 0 saturated heterocycles. The Labute approximate surface area is 108 Å². The standard InChI is InChI=1S/C11H22N2O3S/c1-4-5-9(10(12)17)11(14)13-6-8(16-3)7-15-2/h8-9H,4-7H2,1-3H3,(H2,12,17)(H,13,14). The number of ether oxygens (including phenoxy) is 2. The van der Waals surface area contributed by atoms with E-state index in [1.807, 2.05) is 6.92 Å². The third kappa shape index (κ3) is 6.55. The Kier molecular flexibility index (Phi) is 8.93. The maximum absolute atomic E-state index is 11.8. The first-order valence-electron chi connectivity index (χ1n) is 5.65. The number of amides is 1. The Hall–Kier alpha value is -0.720. The van der Waals surface area contributed by atoms with Gasteiger partial charge in [-0.05, 0) is 6.42 Å². The molecule has 0 aliphatic carbocycles. The van der Waals surface area contributed by atoms with Crippen LogP contribution in [0.15, 0.2) is 0 Å². The highest BCUT2D eigenvalue weighted by atomic mass is 32.1. The Morgan fingerprint density at radius 1 is 1.47 bits per heavy atom. The van der Waals surface area contributed by atoms with Crippen LogP contribution in [0.1, 0.15) is 19.8 Å². The fraction of sp³-hybridized carbons (Fsp3) is 0.818. The van der Waals surface area contributed by atoms with Gasteiger partial charge < -0.3 is 20.5 Å². The highest BCUT2D eigenvalue weighted by Gasteiger charge is 2.21. The van der Waals surface area contributed by atoms with Gasteiger partial charge in [-0.3, -0.25) is 4.79 Å². The van der Waals surface area contributed by atoms with Crippen molar-refractivity contribution in [3.63, 3.8) is 0 Å². The number of hydrogen-bond donors (Lipinski definition) is 2. The van der Waals surface area contributed by atoms with Crippen LogP contribution in [-0.4, -0.2) is 44.4 Å². The van der Waals surface area contributed by atoms with E-state index >= 15 is 0 Å². The summed E-state index contributed by atoms with van der Waals surface area (Å²) in [5, 5.41) is 2.77. The van der Waals surface area contributed by atoms with Gasteiger partial charge in [0.25, 0.3) is 0 Å². The molecule has 2 atom stereocenters. The van der Waals surface area contributed by atoms with Gasteiger partial charge in [-0.1, -0.05) is 25.6 Å². The number of rotatable bonds is 9. The van der Waals surface area contributed by atoms with E-state index in [4.69, 9.17) is 27.4 Å². The molecular weight excluding hydrogens is 240 g/mol. The molecule has 0 saturated carbocycles. The second kappa shape index (κ2) is 9.32. The van der Waals surface area contributed by atoms with Crippen LogP contribution >= 0.6 is 12.2 Å². The lowest BCUT2D eigenvalue weighted by Gasteiger charge is -2.18. The van der Waals surface area contributed by atoms with Crippen molar-refractivity contribution >= 4 is 23.1 Å². The minimum absolute atomic E-state index is 0.141. The molecule has 0 heterocycles. The molecule has 6 heteroatoms. The quantitative estimate of drug-likeness (QED) is 0.591. The summed E-state index contributed by atoms with van der Waals surface area (Å²) in [7, 11) is 3.16. The van der Waals surface area contributed by atoms with Gasteiger partial charge in [0.05, 0.1) is 23.6 Å². The SMILES string of the molecule is CCCC(C(=O)NCC(COC)OC)C(N)=S. The van der Waals surface area contributed by atoms with Crippen molar-refractivity contribution in [3.05, 3.63) is 0 Å². The Bertz CT molecular complexity index is 249. The maximum atomic E-state index is 11.8. The molecule has 1 amide bonds. The van der Waals surface area contributed by atoms with Crippen molar-refractivity contribution < 1.29 is 14.3 Å². The zero-order valence-electron chi connectivity index (χ0n) is 10.7. The normalized spacial score (nSPS) is 14.1. The van der Waals surface area contributed by atoms with Crippen LogP contribution in [-0.2, 0) is 14.3 Å². The van der Waals surface area contributed by atoms with Crippen LogP contribution in [0, 0.1) is 5.92 Å². The third-order valence-corrected chi connectivity index (χ3v) is 2.71. The van der Waals surface area contributed by atoms with Crippen molar-refractivity contribution in [3.8, 4) is 0 Å². The van der Waals surface area contributed by atoms with Gasteiger partial charge in [0, 0.05) is 20.8 Å². The molecule has 0 aromatic rings. The molecule has 3 N–H and O–H groups in total. The van der Waals surface area contributed by atoms with Crippen LogP contribution in [0.2, 0.25) is 0 Å². The minimum Gasteiger partial charge on any atom is -0.393 e. The molecule has 17 heavy (non-hydrogen) atoms. The molecule has 0 rings (SSSR count). The van der Waals surface area contributed by atoms with Gasteiger partial charge in [0.15, 0.2) is 0 Å². The zero-order chi connectivity index (χ0) is 13.3. The van der Waals surface area contributed by atoms with Crippen molar-refractivity contribution in [2.45, 2.75) is 25.9 Å². The summed E-state index contributed by atoms with van der Waals surface area (Å²) in [6.45, 7) is 2.82. The highest BCUT2D eigenvalue weighted by Crippen LogP contribution is 2.07. The van der Waals surface area contributed by atoms with E-state index in [1.165, 1.54) is 0 Å². The summed E-state index contributed by atoms with van der Waals surface area (Å²) < 4.78 is 10.1. The molecule has 0 fully saturated rings. The minimum atomic E-state index is -0.393. The number of carbonyl (C=O) groups excluding carboxylic acids is 1. The van der Waals surface area contributed by atoms with E-state index in [2.05, 4.69) is 5.32 Å². The number of nitrogens with two attached hydrogens (primary N) is 1. The third-order valence-electron chi connectivity index (χ3n) is 2.43. The highest BCUT2D eigenvalue weighted by molar-refractivity contribution is 7.80. The number of carbonyl (C=O) groups is 1. The smallest absolute Gasteiger partial charge is 0.230 e. The zero-order valence-corrected chi connectivity index (χ0v) is 11.5. The van der Waals surface area contributed by atoms with Gasteiger partial charge in [-0.2, -0.15) is 0 Å². The average Bonchev–Trinajstić information content (AvgIpc) is 2.30. The van der Waals surface area contributed by atoms with E-state index in [0.717, 1.165) is 6.42 Å². The van der Waals surface area contributed by atoms with Crippen molar-refractivity contribution in [1.82, 2.24) is 5.32 Å². The summed E-state index contributed by atoms with van der Waals surface area (Å²) in [5.41, 5.74) is 5.54. The number of nitrogens with one attached hydrogen (secondary N) is 1. The molecule has 0 bridgehead atoms. The van der Waals surface area contributed by atoms with E-state index in [0.29, 0.717) is 19.6 Å². The molecule has 0 aliphatic heterocycles.